The molecule has 0 aliphatic carbocycles. The van der Waals surface area contributed by atoms with Gasteiger partial charge in [0.05, 0.1) is 5.69 Å². The van der Waals surface area contributed by atoms with Gasteiger partial charge in [0.1, 0.15) is 11.6 Å². The first-order valence-corrected chi connectivity index (χ1v) is 10.2. The average molecular weight is 397 g/mol. The van der Waals surface area contributed by atoms with Gasteiger partial charge in [-0.2, -0.15) is 0 Å². The van der Waals surface area contributed by atoms with Crippen LogP contribution in [0.1, 0.15) is 21.8 Å². The highest BCUT2D eigenvalue weighted by Gasteiger charge is 2.21. The molecule has 1 fully saturated rings. The first-order chi connectivity index (χ1) is 13.4. The lowest BCUT2D eigenvalue weighted by Crippen LogP contribution is -2.46. The van der Waals surface area contributed by atoms with E-state index in [9.17, 15) is 4.79 Å². The molecule has 0 unspecified atom stereocenters. The van der Waals surface area contributed by atoms with Crippen molar-refractivity contribution in [2.24, 2.45) is 0 Å². The average Bonchev–Trinajstić information content (AvgIpc) is 3.04. The minimum atomic E-state index is -0.102. The summed E-state index contributed by atoms with van der Waals surface area (Å²) in [6, 6.07) is 3.97. The lowest BCUT2D eigenvalue weighted by molar-refractivity contribution is 0.646. The maximum atomic E-state index is 12.0. The molecule has 0 saturated carbocycles. The Labute approximate surface area is 168 Å². The summed E-state index contributed by atoms with van der Waals surface area (Å²) in [4.78, 5) is 34.5. The molecule has 0 aromatic carbocycles. The van der Waals surface area contributed by atoms with Crippen molar-refractivity contribution in [3.05, 3.63) is 50.5 Å². The summed E-state index contributed by atoms with van der Waals surface area (Å²) >= 11 is 1.77. The van der Waals surface area contributed by atoms with Gasteiger partial charge in [-0.15, -0.1) is 11.3 Å². The molecule has 3 aromatic rings. The van der Waals surface area contributed by atoms with E-state index in [-0.39, 0.29) is 5.56 Å². The van der Waals surface area contributed by atoms with E-state index in [2.05, 4.69) is 43.6 Å². The molecule has 0 radical (unpaired) electrons. The van der Waals surface area contributed by atoms with Gasteiger partial charge in [0.2, 0.25) is 0 Å². The molecule has 0 bridgehead atoms. The molecular weight excluding hydrogens is 372 g/mol. The fourth-order valence-electron chi connectivity index (χ4n) is 3.21. The van der Waals surface area contributed by atoms with Gasteiger partial charge in [-0.3, -0.25) is 4.79 Å². The van der Waals surface area contributed by atoms with Crippen LogP contribution in [-0.2, 0) is 0 Å². The van der Waals surface area contributed by atoms with Crippen molar-refractivity contribution in [1.29, 1.82) is 0 Å². The molecule has 1 aliphatic heterocycles. The number of H-pyrrole nitrogens is 1. The van der Waals surface area contributed by atoms with Crippen LogP contribution >= 0.6 is 11.3 Å². The van der Waals surface area contributed by atoms with E-state index in [0.29, 0.717) is 11.4 Å². The second-order valence-corrected chi connectivity index (χ2v) is 8.32. The van der Waals surface area contributed by atoms with Gasteiger partial charge >= 0.3 is 0 Å². The summed E-state index contributed by atoms with van der Waals surface area (Å²) in [5, 5.41) is 1.11. The Morgan fingerprint density at radius 2 is 1.68 bits per heavy atom. The third-order valence-corrected chi connectivity index (χ3v) is 6.44. The number of aryl methyl sites for hydroxylation is 3. The van der Waals surface area contributed by atoms with Crippen molar-refractivity contribution >= 4 is 22.3 Å². The number of hydrogen-bond acceptors (Lipinski definition) is 7. The van der Waals surface area contributed by atoms with Crippen LogP contribution in [0.3, 0.4) is 0 Å². The number of rotatable bonds is 3. The van der Waals surface area contributed by atoms with E-state index < -0.39 is 0 Å². The van der Waals surface area contributed by atoms with E-state index in [0.717, 1.165) is 54.1 Å². The standard InChI is InChI=1S/C20H24N6OS/c1-12-13(2)22-18(24-19(12)27)16-5-6-17(21-11-16)25-7-9-26(10-8-25)20-23-14(3)15(4)28-20/h5-6,11H,7-10H2,1-4H3,(H,22,24,27). The smallest absolute Gasteiger partial charge is 0.254 e. The highest BCUT2D eigenvalue weighted by atomic mass is 32.1. The number of thiazole rings is 1. The SMILES string of the molecule is Cc1nc(N2CCN(c3ccc(-c4nc(C)c(C)c(=O)[nH]4)cn3)CC2)sc1C. The van der Waals surface area contributed by atoms with Crippen LogP contribution in [0.5, 0.6) is 0 Å². The number of piperazine rings is 1. The van der Waals surface area contributed by atoms with Gasteiger partial charge in [-0.1, -0.05) is 0 Å². The van der Waals surface area contributed by atoms with Gasteiger partial charge < -0.3 is 14.8 Å². The Morgan fingerprint density at radius 1 is 0.964 bits per heavy atom. The summed E-state index contributed by atoms with van der Waals surface area (Å²) in [7, 11) is 0. The van der Waals surface area contributed by atoms with Gasteiger partial charge in [0.25, 0.3) is 5.56 Å². The highest BCUT2D eigenvalue weighted by Crippen LogP contribution is 2.27. The summed E-state index contributed by atoms with van der Waals surface area (Å²) in [5.74, 6) is 1.51. The van der Waals surface area contributed by atoms with Crippen LogP contribution < -0.4 is 15.4 Å². The first kappa shape index (κ1) is 18.6. The Bertz CT molecular complexity index is 1030. The van der Waals surface area contributed by atoms with E-state index >= 15 is 0 Å². The predicted molar refractivity (Wildman–Crippen MR) is 114 cm³/mol. The lowest BCUT2D eigenvalue weighted by Gasteiger charge is -2.35. The zero-order valence-corrected chi connectivity index (χ0v) is 17.4. The molecular formula is C20H24N6OS. The van der Waals surface area contributed by atoms with Crippen LogP contribution in [-0.4, -0.2) is 46.1 Å². The van der Waals surface area contributed by atoms with E-state index in [4.69, 9.17) is 0 Å². The number of nitrogens with one attached hydrogen (secondary N) is 1. The molecule has 1 saturated heterocycles. The van der Waals surface area contributed by atoms with Crippen molar-refractivity contribution in [2.45, 2.75) is 27.7 Å². The van der Waals surface area contributed by atoms with Crippen LogP contribution in [0.25, 0.3) is 11.4 Å². The second kappa shape index (κ2) is 7.35. The number of aromatic nitrogens is 4. The van der Waals surface area contributed by atoms with Crippen molar-refractivity contribution in [2.75, 3.05) is 36.0 Å². The zero-order chi connectivity index (χ0) is 19.8. The van der Waals surface area contributed by atoms with Gasteiger partial charge in [0, 0.05) is 54.1 Å². The molecule has 3 aromatic heterocycles. The third-order valence-electron chi connectivity index (χ3n) is 5.31. The number of pyridine rings is 1. The Morgan fingerprint density at radius 3 is 2.25 bits per heavy atom. The largest absolute Gasteiger partial charge is 0.353 e. The topological polar surface area (TPSA) is 78.0 Å². The zero-order valence-electron chi connectivity index (χ0n) is 16.6. The van der Waals surface area contributed by atoms with Crippen molar-refractivity contribution < 1.29 is 0 Å². The molecule has 28 heavy (non-hydrogen) atoms. The fraction of sp³-hybridized carbons (Fsp3) is 0.400. The molecule has 7 nitrogen and oxygen atoms in total. The molecule has 0 atom stereocenters. The van der Waals surface area contributed by atoms with E-state index in [1.807, 2.05) is 19.1 Å². The number of nitrogens with zero attached hydrogens (tertiary/aromatic N) is 5. The second-order valence-electron chi connectivity index (χ2n) is 7.14. The summed E-state index contributed by atoms with van der Waals surface area (Å²) < 4.78 is 0. The van der Waals surface area contributed by atoms with Crippen LogP contribution in [0.4, 0.5) is 10.9 Å². The Balaban J connectivity index is 1.46. The summed E-state index contributed by atoms with van der Waals surface area (Å²) in [6.07, 6.45) is 1.78. The van der Waals surface area contributed by atoms with Crippen LogP contribution in [0.15, 0.2) is 23.1 Å². The molecule has 4 heterocycles. The minimum absolute atomic E-state index is 0.102. The molecule has 1 N–H and O–H groups in total. The van der Waals surface area contributed by atoms with E-state index in [1.54, 1.807) is 24.5 Å². The lowest BCUT2D eigenvalue weighted by atomic mass is 10.2. The third kappa shape index (κ3) is 3.52. The molecule has 146 valence electrons. The van der Waals surface area contributed by atoms with Gasteiger partial charge in [-0.05, 0) is 39.8 Å². The van der Waals surface area contributed by atoms with Gasteiger partial charge in [-0.25, -0.2) is 15.0 Å². The number of anilines is 2. The van der Waals surface area contributed by atoms with Crippen molar-refractivity contribution in [1.82, 2.24) is 19.9 Å². The Hall–Kier alpha value is -2.74. The van der Waals surface area contributed by atoms with E-state index in [1.165, 1.54) is 4.88 Å². The normalized spacial score (nSPS) is 14.6. The maximum absolute atomic E-state index is 12.0. The van der Waals surface area contributed by atoms with Crippen molar-refractivity contribution in [3.63, 3.8) is 0 Å². The summed E-state index contributed by atoms with van der Waals surface area (Å²) in [6.45, 7) is 11.5. The monoisotopic (exact) mass is 396 g/mol. The maximum Gasteiger partial charge on any atom is 0.254 e. The highest BCUT2D eigenvalue weighted by molar-refractivity contribution is 7.15. The molecule has 0 amide bonds. The number of hydrogen-bond donors (Lipinski definition) is 1. The molecule has 1 aliphatic rings. The molecule has 4 rings (SSSR count). The molecule has 0 spiro atoms. The van der Waals surface area contributed by atoms with Crippen molar-refractivity contribution in [3.8, 4) is 11.4 Å². The fourth-order valence-corrected chi connectivity index (χ4v) is 4.17. The van der Waals surface area contributed by atoms with Crippen LogP contribution in [0.2, 0.25) is 0 Å². The van der Waals surface area contributed by atoms with Crippen LogP contribution in [0, 0.1) is 27.7 Å². The molecule has 8 heteroatoms. The predicted octanol–water partition coefficient (Wildman–Crippen LogP) is 2.85. The first-order valence-electron chi connectivity index (χ1n) is 9.40. The summed E-state index contributed by atoms with van der Waals surface area (Å²) in [5.41, 5.74) is 3.23. The quantitative estimate of drug-likeness (QED) is 0.733. The number of aromatic amines is 1. The Kier molecular flexibility index (Phi) is 4.89. The van der Waals surface area contributed by atoms with Gasteiger partial charge in [0.15, 0.2) is 5.13 Å². The minimum Gasteiger partial charge on any atom is -0.353 e.